The van der Waals surface area contributed by atoms with Gasteiger partial charge in [0, 0.05) is 56.1 Å². The van der Waals surface area contributed by atoms with Crippen LogP contribution in [0.25, 0.3) is 16.5 Å². The van der Waals surface area contributed by atoms with Gasteiger partial charge in [0.05, 0.1) is 35.2 Å². The van der Waals surface area contributed by atoms with Crippen LogP contribution in [0.1, 0.15) is 73.6 Å². The van der Waals surface area contributed by atoms with Crippen molar-refractivity contribution in [2.45, 2.75) is 63.0 Å². The van der Waals surface area contributed by atoms with E-state index in [4.69, 9.17) is 4.74 Å². The fraction of sp³-hybridized carbons (Fsp3) is 0.464. The Labute approximate surface area is 231 Å². The number of piperidine rings is 1. The zero-order valence-electron chi connectivity index (χ0n) is 22.2. The summed E-state index contributed by atoms with van der Waals surface area (Å²) in [5, 5.41) is 5.59. The molecule has 0 radical (unpaired) electrons. The van der Waals surface area contributed by atoms with Crippen molar-refractivity contribution in [2.24, 2.45) is 0 Å². The molecule has 0 unspecified atom stereocenters. The number of aromatic nitrogens is 6. The summed E-state index contributed by atoms with van der Waals surface area (Å²) < 4.78 is 9.95. The van der Waals surface area contributed by atoms with Gasteiger partial charge in [-0.25, -0.2) is 19.9 Å². The first-order valence-corrected chi connectivity index (χ1v) is 14.5. The van der Waals surface area contributed by atoms with Crippen molar-refractivity contribution >= 4 is 28.7 Å². The maximum Gasteiger partial charge on any atom is 0.275 e. The Kier molecular flexibility index (Phi) is 6.00. The normalized spacial score (nSPS) is 18.9. The standard InChI is InChI=1S/C28H32N8O2S/c1-28(38-2)7-10-34(11-8-28)23-14-30-20(13-22(23)35-15-21(31-17-35)18-3-4-18)26(37)32-24-16-39-27(33-24)25-29-9-12-36(25)19-5-6-19/h9,12-19H,3-8,10-11H2,1-2H3,(H,32,37). The molecule has 202 valence electrons. The summed E-state index contributed by atoms with van der Waals surface area (Å²) >= 11 is 1.48. The summed E-state index contributed by atoms with van der Waals surface area (Å²) in [6, 6.07) is 2.37. The van der Waals surface area contributed by atoms with Crippen LogP contribution < -0.4 is 10.2 Å². The molecule has 3 fully saturated rings. The third kappa shape index (κ3) is 4.85. The predicted molar refractivity (Wildman–Crippen MR) is 150 cm³/mol. The van der Waals surface area contributed by atoms with E-state index in [-0.39, 0.29) is 11.5 Å². The van der Waals surface area contributed by atoms with Gasteiger partial charge in [-0.3, -0.25) is 4.79 Å². The van der Waals surface area contributed by atoms with Gasteiger partial charge in [-0.15, -0.1) is 11.3 Å². The number of nitrogens with zero attached hydrogens (tertiary/aromatic N) is 7. The fourth-order valence-corrected chi connectivity index (χ4v) is 5.99. The molecule has 11 heteroatoms. The number of rotatable bonds is 8. The number of thiazole rings is 1. The number of hydrogen-bond acceptors (Lipinski definition) is 8. The molecule has 1 amide bonds. The zero-order chi connectivity index (χ0) is 26.6. The van der Waals surface area contributed by atoms with Crippen molar-refractivity contribution in [2.75, 3.05) is 30.4 Å². The lowest BCUT2D eigenvalue weighted by Crippen LogP contribution is -2.44. The Hall–Kier alpha value is -3.57. The molecule has 7 rings (SSSR count). The van der Waals surface area contributed by atoms with E-state index in [2.05, 4.69) is 47.8 Å². The molecule has 0 aromatic carbocycles. The first-order chi connectivity index (χ1) is 19.0. The van der Waals surface area contributed by atoms with Crippen LogP contribution in [0.4, 0.5) is 11.5 Å². The molecule has 0 bridgehead atoms. The Bertz CT molecular complexity index is 1510. The van der Waals surface area contributed by atoms with Gasteiger partial charge in [-0.2, -0.15) is 0 Å². The second-order valence-electron chi connectivity index (χ2n) is 11.1. The van der Waals surface area contributed by atoms with Gasteiger partial charge in [0.2, 0.25) is 0 Å². The smallest absolute Gasteiger partial charge is 0.275 e. The van der Waals surface area contributed by atoms with Crippen molar-refractivity contribution in [1.29, 1.82) is 0 Å². The molecular weight excluding hydrogens is 512 g/mol. The maximum absolute atomic E-state index is 13.3. The van der Waals surface area contributed by atoms with Gasteiger partial charge in [-0.1, -0.05) is 0 Å². The van der Waals surface area contributed by atoms with Crippen molar-refractivity contribution in [3.63, 3.8) is 0 Å². The first-order valence-electron chi connectivity index (χ1n) is 13.6. The third-order valence-electron chi connectivity index (χ3n) is 8.17. The Morgan fingerprint density at radius 3 is 2.69 bits per heavy atom. The van der Waals surface area contributed by atoms with Crippen molar-refractivity contribution < 1.29 is 9.53 Å². The summed E-state index contributed by atoms with van der Waals surface area (Å²) in [4.78, 5) is 34.1. The molecule has 10 nitrogen and oxygen atoms in total. The van der Waals surface area contributed by atoms with Crippen LogP contribution in [-0.2, 0) is 4.74 Å². The molecule has 1 aliphatic heterocycles. The van der Waals surface area contributed by atoms with Crippen LogP contribution in [-0.4, -0.2) is 60.8 Å². The third-order valence-corrected chi connectivity index (χ3v) is 9.01. The average Bonchev–Trinajstić information content (AvgIpc) is 3.83. The van der Waals surface area contributed by atoms with Gasteiger partial charge < -0.3 is 24.1 Å². The molecule has 1 N–H and O–H groups in total. The molecule has 5 heterocycles. The van der Waals surface area contributed by atoms with Gasteiger partial charge in [-0.05, 0) is 51.5 Å². The minimum absolute atomic E-state index is 0.111. The van der Waals surface area contributed by atoms with Gasteiger partial charge in [0.25, 0.3) is 5.91 Å². The number of carbonyl (C=O) groups is 1. The Morgan fingerprint density at radius 1 is 1.13 bits per heavy atom. The Morgan fingerprint density at radius 2 is 1.95 bits per heavy atom. The molecule has 2 saturated carbocycles. The number of amides is 1. The predicted octanol–water partition coefficient (Wildman–Crippen LogP) is 5.06. The molecule has 3 aliphatic rings. The number of anilines is 2. The Balaban J connectivity index is 1.15. The first kappa shape index (κ1) is 24.5. The lowest BCUT2D eigenvalue weighted by molar-refractivity contribution is -0.0132. The minimum atomic E-state index is -0.293. The molecular formula is C28H32N8O2S. The monoisotopic (exact) mass is 544 g/mol. The van der Waals surface area contributed by atoms with Crippen molar-refractivity contribution in [3.05, 3.63) is 53.9 Å². The summed E-state index contributed by atoms with van der Waals surface area (Å²) in [5.74, 6) is 1.61. The van der Waals surface area contributed by atoms with Crippen LogP contribution in [0.15, 0.2) is 42.6 Å². The van der Waals surface area contributed by atoms with E-state index in [1.165, 1.54) is 37.0 Å². The highest BCUT2D eigenvalue weighted by molar-refractivity contribution is 7.13. The average molecular weight is 545 g/mol. The quantitative estimate of drug-likeness (QED) is 0.331. The largest absolute Gasteiger partial charge is 0.378 e. The SMILES string of the molecule is COC1(C)CCN(c2cnc(C(=O)Nc3csc(-c4nccn4C4CC4)n3)cc2-n2cnc(C3CC3)c2)CC1. The highest BCUT2D eigenvalue weighted by atomic mass is 32.1. The van der Waals surface area contributed by atoms with Crippen LogP contribution >= 0.6 is 11.3 Å². The van der Waals surface area contributed by atoms with E-state index >= 15 is 0 Å². The minimum Gasteiger partial charge on any atom is -0.378 e. The highest BCUT2D eigenvalue weighted by Crippen LogP contribution is 2.40. The molecule has 0 atom stereocenters. The van der Waals surface area contributed by atoms with E-state index in [9.17, 15) is 4.79 Å². The van der Waals surface area contributed by atoms with Crippen LogP contribution in [0.3, 0.4) is 0 Å². The van der Waals surface area contributed by atoms with Crippen LogP contribution in [0.2, 0.25) is 0 Å². The number of ether oxygens (including phenoxy) is 1. The van der Waals surface area contributed by atoms with Crippen LogP contribution in [0, 0.1) is 0 Å². The second kappa shape index (κ2) is 9.56. The topological polar surface area (TPSA) is 103 Å². The van der Waals surface area contributed by atoms with Gasteiger partial charge in [0.15, 0.2) is 10.8 Å². The van der Waals surface area contributed by atoms with Gasteiger partial charge in [0.1, 0.15) is 11.5 Å². The number of pyridine rings is 1. The summed E-state index contributed by atoms with van der Waals surface area (Å²) in [5.41, 5.74) is 3.23. The van der Waals surface area contributed by atoms with Crippen molar-refractivity contribution in [3.8, 4) is 16.5 Å². The highest BCUT2D eigenvalue weighted by Gasteiger charge is 2.32. The van der Waals surface area contributed by atoms with Gasteiger partial charge >= 0.3 is 0 Å². The number of methoxy groups -OCH3 is 1. The number of carbonyl (C=O) groups excluding carboxylic acids is 1. The molecule has 4 aromatic rings. The molecule has 4 aromatic heterocycles. The van der Waals surface area contributed by atoms with E-state index < -0.39 is 0 Å². The molecule has 2 aliphatic carbocycles. The van der Waals surface area contributed by atoms with Crippen molar-refractivity contribution in [1.82, 2.24) is 29.1 Å². The van der Waals surface area contributed by atoms with Crippen LogP contribution in [0.5, 0.6) is 0 Å². The molecule has 0 spiro atoms. The summed E-state index contributed by atoms with van der Waals surface area (Å²) in [7, 11) is 1.79. The van der Waals surface area contributed by atoms with E-state index in [1.807, 2.05) is 40.9 Å². The number of imidazole rings is 2. The summed E-state index contributed by atoms with van der Waals surface area (Å²) in [6.45, 7) is 3.87. The van der Waals surface area contributed by atoms with E-state index in [0.29, 0.717) is 23.5 Å². The number of hydrogen-bond donors (Lipinski definition) is 1. The molecule has 39 heavy (non-hydrogen) atoms. The summed E-state index contributed by atoms with van der Waals surface area (Å²) in [6.07, 6.45) is 16.1. The lowest BCUT2D eigenvalue weighted by Gasteiger charge is -2.40. The fourth-order valence-electron chi connectivity index (χ4n) is 5.24. The van der Waals surface area contributed by atoms with E-state index in [0.717, 1.165) is 53.8 Å². The second-order valence-corrected chi connectivity index (χ2v) is 11.9. The lowest BCUT2D eigenvalue weighted by atomic mass is 9.93. The zero-order valence-corrected chi connectivity index (χ0v) is 23.0. The maximum atomic E-state index is 13.3. The van der Waals surface area contributed by atoms with E-state index in [1.54, 1.807) is 7.11 Å². The number of nitrogens with one attached hydrogen (secondary N) is 1. The molecule has 1 saturated heterocycles.